The molecule has 1 N–H and O–H groups in total. The summed E-state index contributed by atoms with van der Waals surface area (Å²) in [7, 11) is 0. The Balaban J connectivity index is 1.99. The van der Waals surface area contributed by atoms with Crippen LogP contribution in [0.5, 0.6) is 0 Å². The van der Waals surface area contributed by atoms with Crippen molar-refractivity contribution in [3.05, 3.63) is 28.8 Å². The van der Waals surface area contributed by atoms with Crippen molar-refractivity contribution in [2.45, 2.75) is 36.6 Å². The van der Waals surface area contributed by atoms with Gasteiger partial charge >= 0.3 is 0 Å². The van der Waals surface area contributed by atoms with Gasteiger partial charge in [-0.25, -0.2) is 0 Å². The number of halogens is 2. The predicted molar refractivity (Wildman–Crippen MR) is 85.3 cm³/mol. The summed E-state index contributed by atoms with van der Waals surface area (Å²) in [6, 6.07) is 6.05. The van der Waals surface area contributed by atoms with Gasteiger partial charge in [-0.2, -0.15) is 0 Å². The number of carbonyl (C=O) groups excluding carboxylic acids is 1. The monoisotopic (exact) mass is 361 g/mol. The van der Waals surface area contributed by atoms with Crippen molar-refractivity contribution in [2.24, 2.45) is 0 Å². The van der Waals surface area contributed by atoms with Gasteiger partial charge in [-0.05, 0) is 43.0 Å². The van der Waals surface area contributed by atoms with E-state index in [-0.39, 0.29) is 11.9 Å². The van der Waals surface area contributed by atoms with Crippen molar-refractivity contribution in [1.29, 1.82) is 0 Å². The molecule has 1 aromatic rings. The second-order valence-electron chi connectivity index (χ2n) is 4.59. The average Bonchev–Trinajstić information content (AvgIpc) is 2.40. The quantitative estimate of drug-likeness (QED) is 0.614. The first-order valence-electron chi connectivity index (χ1n) is 6.48. The summed E-state index contributed by atoms with van der Waals surface area (Å²) in [4.78, 5) is 13.2. The van der Waals surface area contributed by atoms with E-state index < -0.39 is 0 Å². The highest BCUT2D eigenvalue weighted by molar-refractivity contribution is 9.09. The van der Waals surface area contributed by atoms with E-state index in [0.717, 1.165) is 40.9 Å². The molecule has 0 saturated carbocycles. The second kappa shape index (κ2) is 7.55. The van der Waals surface area contributed by atoms with E-state index in [4.69, 9.17) is 11.6 Å². The van der Waals surface area contributed by atoms with E-state index in [1.165, 1.54) is 4.90 Å². The number of thioether (sulfide) groups is 1. The highest BCUT2D eigenvalue weighted by atomic mass is 79.9. The first-order valence-corrected chi connectivity index (χ1v) is 8.97. The first kappa shape index (κ1) is 15.2. The van der Waals surface area contributed by atoms with Gasteiger partial charge in [-0.15, -0.1) is 11.8 Å². The molecule has 1 amide bonds. The molecule has 0 aliphatic carbocycles. The fourth-order valence-corrected chi connectivity index (χ4v) is 3.84. The Morgan fingerprint density at radius 1 is 1.47 bits per heavy atom. The van der Waals surface area contributed by atoms with E-state index in [1.807, 2.05) is 30.0 Å². The Hall–Kier alpha value is -0.190. The van der Waals surface area contributed by atoms with Crippen molar-refractivity contribution in [3.63, 3.8) is 0 Å². The van der Waals surface area contributed by atoms with Crippen LogP contribution in [0.15, 0.2) is 23.1 Å². The molecule has 1 atom stereocenters. The summed E-state index contributed by atoms with van der Waals surface area (Å²) in [6.07, 6.45) is 3.55. The minimum absolute atomic E-state index is 0.117. The minimum atomic E-state index is 0.117. The second-order valence-corrected chi connectivity index (χ2v) is 6.95. The van der Waals surface area contributed by atoms with Crippen LogP contribution in [0.2, 0.25) is 5.02 Å². The van der Waals surface area contributed by atoms with Crippen LogP contribution in [-0.2, 0) is 4.79 Å². The van der Waals surface area contributed by atoms with Crippen LogP contribution >= 0.6 is 39.3 Å². The van der Waals surface area contributed by atoms with Crippen LogP contribution < -0.4 is 5.32 Å². The van der Waals surface area contributed by atoms with Gasteiger partial charge in [0.15, 0.2) is 0 Å². The highest BCUT2D eigenvalue weighted by Gasteiger charge is 2.22. The molecule has 1 aliphatic rings. The van der Waals surface area contributed by atoms with E-state index >= 15 is 0 Å². The number of alkyl halides is 1. The number of hydrogen-bond donors (Lipinski definition) is 1. The minimum Gasteiger partial charge on any atom is -0.349 e. The number of benzene rings is 1. The third-order valence-electron chi connectivity index (χ3n) is 3.13. The van der Waals surface area contributed by atoms with Crippen molar-refractivity contribution in [3.8, 4) is 0 Å². The van der Waals surface area contributed by atoms with Crippen LogP contribution in [0.4, 0.5) is 0 Å². The highest BCUT2D eigenvalue weighted by Crippen LogP contribution is 2.37. The standard InChI is InChI=1S/C14H17BrClNOS/c15-7-2-1-3-14(18)17-12-6-8-19-13-5-4-10(16)9-11(12)13/h4-5,9,12H,1-3,6-8H2,(H,17,18). The zero-order valence-corrected chi connectivity index (χ0v) is 13.8. The maximum Gasteiger partial charge on any atom is 0.220 e. The van der Waals surface area contributed by atoms with Crippen LogP contribution in [0.25, 0.3) is 0 Å². The molecule has 1 heterocycles. The number of hydrogen-bond acceptors (Lipinski definition) is 2. The number of carbonyl (C=O) groups is 1. The van der Waals surface area contributed by atoms with Crippen LogP contribution in [-0.4, -0.2) is 17.0 Å². The first-order chi connectivity index (χ1) is 9.20. The molecule has 0 bridgehead atoms. The van der Waals surface area contributed by atoms with Crippen molar-refractivity contribution < 1.29 is 4.79 Å². The summed E-state index contributed by atoms with van der Waals surface area (Å²) in [5, 5.41) is 4.83. The van der Waals surface area contributed by atoms with Crippen LogP contribution in [0.1, 0.15) is 37.3 Å². The molecule has 19 heavy (non-hydrogen) atoms. The van der Waals surface area contributed by atoms with Gasteiger partial charge < -0.3 is 5.32 Å². The predicted octanol–water partition coefficient (Wildman–Crippen LogP) is 4.56. The van der Waals surface area contributed by atoms with Gasteiger partial charge in [0, 0.05) is 27.4 Å². The van der Waals surface area contributed by atoms with Gasteiger partial charge in [0.05, 0.1) is 6.04 Å². The number of fused-ring (bicyclic) bond motifs is 1. The van der Waals surface area contributed by atoms with Crippen molar-refractivity contribution in [2.75, 3.05) is 11.1 Å². The van der Waals surface area contributed by atoms with Crippen LogP contribution in [0, 0.1) is 0 Å². The summed E-state index contributed by atoms with van der Waals surface area (Å²) < 4.78 is 0. The Labute approximate surface area is 131 Å². The molecule has 1 aliphatic heterocycles. The van der Waals surface area contributed by atoms with Gasteiger partial charge in [-0.1, -0.05) is 27.5 Å². The molecule has 104 valence electrons. The largest absolute Gasteiger partial charge is 0.349 e. The van der Waals surface area contributed by atoms with E-state index in [9.17, 15) is 4.79 Å². The Morgan fingerprint density at radius 2 is 2.32 bits per heavy atom. The number of nitrogens with one attached hydrogen (secondary N) is 1. The third-order valence-corrected chi connectivity index (χ3v) is 5.05. The van der Waals surface area contributed by atoms with Gasteiger partial charge in [0.25, 0.3) is 0 Å². The molecule has 0 radical (unpaired) electrons. The molecule has 1 aromatic carbocycles. The lowest BCUT2D eigenvalue weighted by molar-refractivity contribution is -0.122. The Kier molecular flexibility index (Phi) is 6.05. The zero-order chi connectivity index (χ0) is 13.7. The number of rotatable bonds is 5. The SMILES string of the molecule is O=C(CCCCBr)NC1CCSc2ccc(Cl)cc21. The smallest absolute Gasteiger partial charge is 0.220 e. The molecule has 0 fully saturated rings. The maximum atomic E-state index is 11.9. The van der Waals surface area contributed by atoms with Gasteiger partial charge in [-0.3, -0.25) is 4.79 Å². The normalized spacial score (nSPS) is 17.9. The average molecular weight is 363 g/mol. The lowest BCUT2D eigenvalue weighted by atomic mass is 10.0. The molecule has 0 saturated heterocycles. The molecule has 5 heteroatoms. The molecule has 2 rings (SSSR count). The van der Waals surface area contributed by atoms with Gasteiger partial charge in [0.1, 0.15) is 0 Å². The maximum absolute atomic E-state index is 11.9. The fourth-order valence-electron chi connectivity index (χ4n) is 2.16. The van der Waals surface area contributed by atoms with Crippen LogP contribution in [0.3, 0.4) is 0 Å². The lowest BCUT2D eigenvalue weighted by Gasteiger charge is -2.26. The van der Waals surface area contributed by atoms with Gasteiger partial charge in [0.2, 0.25) is 5.91 Å². The lowest BCUT2D eigenvalue weighted by Crippen LogP contribution is -2.30. The summed E-state index contributed by atoms with van der Waals surface area (Å²) in [6.45, 7) is 0. The topological polar surface area (TPSA) is 29.1 Å². The molecule has 2 nitrogen and oxygen atoms in total. The Bertz CT molecular complexity index is 455. The van der Waals surface area contributed by atoms with E-state index in [2.05, 4.69) is 21.2 Å². The molecular formula is C14H17BrClNOS. The van der Waals surface area contributed by atoms with Crippen molar-refractivity contribution in [1.82, 2.24) is 5.32 Å². The molecule has 0 aromatic heterocycles. The van der Waals surface area contributed by atoms with Crippen molar-refractivity contribution >= 4 is 45.2 Å². The third kappa shape index (κ3) is 4.40. The number of unbranched alkanes of at least 4 members (excludes halogenated alkanes) is 1. The molecular weight excluding hydrogens is 346 g/mol. The fraction of sp³-hybridized carbons (Fsp3) is 0.500. The molecule has 0 spiro atoms. The summed E-state index contributed by atoms with van der Waals surface area (Å²) >= 11 is 11.3. The Morgan fingerprint density at radius 3 is 3.11 bits per heavy atom. The van der Waals surface area contributed by atoms with E-state index in [1.54, 1.807) is 0 Å². The summed E-state index contributed by atoms with van der Waals surface area (Å²) in [5.74, 6) is 1.19. The van der Waals surface area contributed by atoms with E-state index in [0.29, 0.717) is 6.42 Å². The summed E-state index contributed by atoms with van der Waals surface area (Å²) in [5.41, 5.74) is 1.16. The molecule has 1 unspecified atom stereocenters. The number of amides is 1. The zero-order valence-electron chi connectivity index (χ0n) is 10.6.